The molecule has 1 saturated carbocycles. The molecule has 0 saturated heterocycles. The van der Waals surface area contributed by atoms with E-state index in [9.17, 15) is 4.79 Å². The van der Waals surface area contributed by atoms with E-state index in [0.717, 1.165) is 30.8 Å². The molecule has 1 aliphatic carbocycles. The first-order valence-electron chi connectivity index (χ1n) is 9.36. The van der Waals surface area contributed by atoms with Gasteiger partial charge >= 0.3 is 0 Å². The molecule has 3 rings (SSSR count). The van der Waals surface area contributed by atoms with Crippen molar-refractivity contribution in [1.29, 1.82) is 0 Å². The van der Waals surface area contributed by atoms with Gasteiger partial charge in [-0.3, -0.25) is 9.78 Å². The summed E-state index contributed by atoms with van der Waals surface area (Å²) in [4.78, 5) is 19.1. The number of hydrogen-bond acceptors (Lipinski definition) is 3. The van der Waals surface area contributed by atoms with Crippen LogP contribution in [0.25, 0.3) is 0 Å². The molecule has 0 atom stereocenters. The third-order valence-corrected chi connectivity index (χ3v) is 4.87. The van der Waals surface area contributed by atoms with Crippen molar-refractivity contribution in [3.8, 4) is 0 Å². The summed E-state index contributed by atoms with van der Waals surface area (Å²) in [6, 6.07) is 12.4. The predicted molar refractivity (Wildman–Crippen MR) is 102 cm³/mol. The number of rotatable bonds is 5. The largest absolute Gasteiger partial charge is 0.349 e. The fraction of sp³-hybridized carbons (Fsp3) is 0.429. The van der Waals surface area contributed by atoms with Crippen LogP contribution >= 0.6 is 0 Å². The Bertz CT molecular complexity index is 679. The smallest absolute Gasteiger partial charge is 0.253 e. The Kier molecular flexibility index (Phi) is 6.04. The van der Waals surface area contributed by atoms with E-state index >= 15 is 0 Å². The number of benzene rings is 1. The monoisotopic (exact) mass is 337 g/mol. The van der Waals surface area contributed by atoms with Crippen LogP contribution in [0.15, 0.2) is 48.8 Å². The van der Waals surface area contributed by atoms with Crippen molar-refractivity contribution in [2.45, 2.75) is 51.5 Å². The number of carbonyl (C=O) groups is 1. The second-order valence-electron chi connectivity index (χ2n) is 6.67. The summed E-state index contributed by atoms with van der Waals surface area (Å²) in [5, 5.41) is 3.20. The van der Waals surface area contributed by atoms with Crippen molar-refractivity contribution in [3.05, 3.63) is 54.4 Å². The molecule has 1 aromatic carbocycles. The second-order valence-corrected chi connectivity index (χ2v) is 6.67. The van der Waals surface area contributed by atoms with Crippen LogP contribution in [0.4, 0.5) is 11.4 Å². The fourth-order valence-corrected chi connectivity index (χ4v) is 3.51. The van der Waals surface area contributed by atoms with E-state index in [1.807, 2.05) is 30.5 Å². The summed E-state index contributed by atoms with van der Waals surface area (Å²) in [6.07, 6.45) is 10.6. The average Bonchev–Trinajstić information content (AvgIpc) is 2.92. The van der Waals surface area contributed by atoms with Gasteiger partial charge in [-0.25, -0.2) is 0 Å². The quantitative estimate of drug-likeness (QED) is 0.805. The van der Waals surface area contributed by atoms with Crippen molar-refractivity contribution in [1.82, 2.24) is 10.3 Å². The van der Waals surface area contributed by atoms with Crippen LogP contribution in [-0.4, -0.2) is 23.5 Å². The highest BCUT2D eigenvalue weighted by atomic mass is 16.1. The maximum atomic E-state index is 12.7. The Morgan fingerprint density at radius 1 is 1.08 bits per heavy atom. The van der Waals surface area contributed by atoms with Crippen LogP contribution in [-0.2, 0) is 0 Å². The lowest BCUT2D eigenvalue weighted by Crippen LogP contribution is -2.34. The summed E-state index contributed by atoms with van der Waals surface area (Å²) >= 11 is 0. The molecule has 1 amide bonds. The van der Waals surface area contributed by atoms with Crippen LogP contribution in [0.3, 0.4) is 0 Å². The Balaban J connectivity index is 1.75. The molecule has 1 aromatic heterocycles. The van der Waals surface area contributed by atoms with Crippen LogP contribution in [0.1, 0.15) is 55.8 Å². The zero-order chi connectivity index (χ0) is 17.5. The van der Waals surface area contributed by atoms with E-state index in [1.54, 1.807) is 6.20 Å². The van der Waals surface area contributed by atoms with Crippen LogP contribution in [0.2, 0.25) is 0 Å². The lowest BCUT2D eigenvalue weighted by Gasteiger charge is -2.23. The summed E-state index contributed by atoms with van der Waals surface area (Å²) in [7, 11) is 0. The van der Waals surface area contributed by atoms with Crippen LogP contribution in [0.5, 0.6) is 0 Å². The SMILES string of the molecule is CCN(c1ccccc1)c1cncc(C(=O)NC2CCCCCC2)c1. The van der Waals surface area contributed by atoms with Gasteiger partial charge in [0.1, 0.15) is 0 Å². The molecule has 4 nitrogen and oxygen atoms in total. The van der Waals surface area contributed by atoms with E-state index in [2.05, 4.69) is 34.3 Å². The Hall–Kier alpha value is -2.36. The van der Waals surface area contributed by atoms with Crippen LogP contribution < -0.4 is 10.2 Å². The van der Waals surface area contributed by atoms with Gasteiger partial charge in [-0.15, -0.1) is 0 Å². The molecule has 2 aromatic rings. The summed E-state index contributed by atoms with van der Waals surface area (Å²) in [5.74, 6) is -0.00892. The second kappa shape index (κ2) is 8.65. The first kappa shape index (κ1) is 17.5. The van der Waals surface area contributed by atoms with Gasteiger partial charge in [-0.2, -0.15) is 0 Å². The molecular formula is C21H27N3O. The summed E-state index contributed by atoms with van der Waals surface area (Å²) < 4.78 is 0. The molecule has 0 radical (unpaired) electrons. The Labute approximate surface area is 150 Å². The average molecular weight is 337 g/mol. The van der Waals surface area contributed by atoms with E-state index in [4.69, 9.17) is 0 Å². The fourth-order valence-electron chi connectivity index (χ4n) is 3.51. The number of pyridine rings is 1. The van der Waals surface area contributed by atoms with Gasteiger partial charge in [0.15, 0.2) is 0 Å². The predicted octanol–water partition coefficient (Wildman–Crippen LogP) is 4.69. The number of hydrogen-bond donors (Lipinski definition) is 1. The highest BCUT2D eigenvalue weighted by Gasteiger charge is 2.17. The molecule has 0 aliphatic heterocycles. The number of para-hydroxylation sites is 1. The molecule has 0 spiro atoms. The van der Waals surface area contributed by atoms with E-state index in [-0.39, 0.29) is 5.91 Å². The molecular weight excluding hydrogens is 310 g/mol. The number of nitrogens with one attached hydrogen (secondary N) is 1. The van der Waals surface area contributed by atoms with E-state index in [0.29, 0.717) is 11.6 Å². The summed E-state index contributed by atoms with van der Waals surface area (Å²) in [6.45, 7) is 2.92. The minimum absolute atomic E-state index is 0.00892. The van der Waals surface area contributed by atoms with Gasteiger partial charge < -0.3 is 10.2 Å². The molecule has 1 heterocycles. The minimum Gasteiger partial charge on any atom is -0.349 e. The molecule has 4 heteroatoms. The highest BCUT2D eigenvalue weighted by molar-refractivity contribution is 5.95. The molecule has 1 N–H and O–H groups in total. The van der Waals surface area contributed by atoms with Crippen LogP contribution in [0, 0.1) is 0 Å². The van der Waals surface area contributed by atoms with E-state index < -0.39 is 0 Å². The normalized spacial score (nSPS) is 15.4. The van der Waals surface area contributed by atoms with Crippen molar-refractivity contribution in [2.24, 2.45) is 0 Å². The molecule has 1 aliphatic rings. The lowest BCUT2D eigenvalue weighted by atomic mass is 10.1. The van der Waals surface area contributed by atoms with Gasteiger partial charge in [0.2, 0.25) is 0 Å². The van der Waals surface area contributed by atoms with Crippen molar-refractivity contribution >= 4 is 17.3 Å². The molecule has 132 valence electrons. The Morgan fingerprint density at radius 3 is 2.48 bits per heavy atom. The molecule has 0 unspecified atom stereocenters. The van der Waals surface area contributed by atoms with Crippen molar-refractivity contribution < 1.29 is 4.79 Å². The van der Waals surface area contributed by atoms with Gasteiger partial charge in [0.25, 0.3) is 5.91 Å². The summed E-state index contributed by atoms with van der Waals surface area (Å²) in [5.41, 5.74) is 2.69. The number of amides is 1. The maximum absolute atomic E-state index is 12.7. The lowest BCUT2D eigenvalue weighted by molar-refractivity contribution is 0.0933. The zero-order valence-electron chi connectivity index (χ0n) is 14.9. The van der Waals surface area contributed by atoms with Crippen molar-refractivity contribution in [3.63, 3.8) is 0 Å². The standard InChI is InChI=1S/C21H27N3O/c1-2-24(19-12-8-5-9-13-19)20-14-17(15-22-16-20)21(25)23-18-10-6-3-4-7-11-18/h5,8-9,12-16,18H,2-4,6-7,10-11H2,1H3,(H,23,25). The third kappa shape index (κ3) is 4.59. The number of carbonyl (C=O) groups excluding carboxylic acids is 1. The van der Waals surface area contributed by atoms with E-state index in [1.165, 1.54) is 25.7 Å². The van der Waals surface area contributed by atoms with Gasteiger partial charge in [-0.05, 0) is 38.0 Å². The highest BCUT2D eigenvalue weighted by Crippen LogP contribution is 2.25. The number of aromatic nitrogens is 1. The first-order valence-corrected chi connectivity index (χ1v) is 9.36. The molecule has 25 heavy (non-hydrogen) atoms. The van der Waals surface area contributed by atoms with Crippen molar-refractivity contribution in [2.75, 3.05) is 11.4 Å². The minimum atomic E-state index is -0.00892. The third-order valence-electron chi connectivity index (χ3n) is 4.87. The molecule has 1 fully saturated rings. The first-order chi connectivity index (χ1) is 12.3. The topological polar surface area (TPSA) is 45.2 Å². The number of anilines is 2. The van der Waals surface area contributed by atoms with Gasteiger partial charge in [-0.1, -0.05) is 43.9 Å². The zero-order valence-corrected chi connectivity index (χ0v) is 14.9. The van der Waals surface area contributed by atoms with Gasteiger partial charge in [0.05, 0.1) is 17.4 Å². The Morgan fingerprint density at radius 2 is 1.80 bits per heavy atom. The maximum Gasteiger partial charge on any atom is 0.253 e. The van der Waals surface area contributed by atoms with Gasteiger partial charge in [0, 0.05) is 24.5 Å². The number of nitrogens with zero attached hydrogens (tertiary/aromatic N) is 2. The molecule has 0 bridgehead atoms.